The minimum atomic E-state index is -2.86. The molecule has 13 rings (SSSR count). The van der Waals surface area contributed by atoms with Crippen LogP contribution < -0.4 is 30.5 Å². The Morgan fingerprint density at radius 1 is 0.188 bits per heavy atom. The molecular weight excluding hydrogens is 849 g/mol. The maximum atomic E-state index is 2.45. The van der Waals surface area contributed by atoms with Gasteiger partial charge in [-0.25, -0.2) is 0 Å². The van der Waals surface area contributed by atoms with Gasteiger partial charge in [0.25, 0.3) is 0 Å². The van der Waals surface area contributed by atoms with E-state index in [1.54, 1.807) is 0 Å². The van der Waals surface area contributed by atoms with Crippen LogP contribution in [-0.4, -0.2) is 8.07 Å². The second-order valence-electron chi connectivity index (χ2n) is 18.0. The molecule has 0 aromatic heterocycles. The summed E-state index contributed by atoms with van der Waals surface area (Å²) in [7, 11) is -2.86. The summed E-state index contributed by atoms with van der Waals surface area (Å²) in [6.45, 7) is 0. The van der Waals surface area contributed by atoms with Gasteiger partial charge in [0.05, 0.1) is 22.7 Å². The van der Waals surface area contributed by atoms with Gasteiger partial charge in [-0.2, -0.15) is 0 Å². The molecule has 0 aliphatic carbocycles. The van der Waals surface area contributed by atoms with Gasteiger partial charge >= 0.3 is 0 Å². The third-order valence-electron chi connectivity index (χ3n) is 14.3. The number of hydrogen-bond acceptors (Lipinski definition) is 2. The highest BCUT2D eigenvalue weighted by Crippen LogP contribution is 2.52. The van der Waals surface area contributed by atoms with Crippen LogP contribution in [0.1, 0.15) is 0 Å². The summed E-state index contributed by atoms with van der Waals surface area (Å²) >= 11 is 0. The Morgan fingerprint density at radius 3 is 0.754 bits per heavy atom. The van der Waals surface area contributed by atoms with Gasteiger partial charge in [0.2, 0.25) is 0 Å². The maximum absolute atomic E-state index is 2.86. The van der Waals surface area contributed by atoms with Crippen LogP contribution in [0, 0.1) is 0 Å². The third kappa shape index (κ3) is 6.62. The van der Waals surface area contributed by atoms with Gasteiger partial charge in [0.15, 0.2) is 8.07 Å². The summed E-state index contributed by atoms with van der Waals surface area (Å²) in [6, 6.07) is 103. The summed E-state index contributed by atoms with van der Waals surface area (Å²) in [4.78, 5) is 4.87. The van der Waals surface area contributed by atoms with Crippen molar-refractivity contribution in [3.05, 3.63) is 279 Å². The molecule has 11 aromatic rings. The number of para-hydroxylation sites is 4. The van der Waals surface area contributed by atoms with Crippen molar-refractivity contribution in [2.45, 2.75) is 0 Å². The van der Waals surface area contributed by atoms with Crippen molar-refractivity contribution >= 4 is 62.9 Å². The van der Waals surface area contributed by atoms with Crippen LogP contribution in [0.4, 0.5) is 34.1 Å². The largest absolute Gasteiger partial charge is 0.309 e. The topological polar surface area (TPSA) is 6.48 Å². The molecule has 0 amide bonds. The molecule has 0 atom stereocenters. The van der Waals surface area contributed by atoms with E-state index in [1.807, 2.05) is 0 Å². The summed E-state index contributed by atoms with van der Waals surface area (Å²) in [6.07, 6.45) is 0. The number of anilines is 6. The lowest BCUT2D eigenvalue weighted by Gasteiger charge is -2.35. The molecule has 11 aromatic carbocycles. The zero-order valence-corrected chi connectivity index (χ0v) is 39.0. The van der Waals surface area contributed by atoms with E-state index in [0.717, 1.165) is 11.4 Å². The zero-order valence-electron chi connectivity index (χ0n) is 38.0. The van der Waals surface area contributed by atoms with Crippen molar-refractivity contribution in [1.82, 2.24) is 0 Å². The number of fused-ring (bicyclic) bond motifs is 10. The fourth-order valence-electron chi connectivity index (χ4n) is 11.3. The highest BCUT2D eigenvalue weighted by Gasteiger charge is 2.41. The van der Waals surface area contributed by atoms with Crippen molar-refractivity contribution in [2.24, 2.45) is 0 Å². The van der Waals surface area contributed by atoms with Gasteiger partial charge in [-0.3, -0.25) is 0 Å². The molecule has 0 saturated heterocycles. The third-order valence-corrected chi connectivity index (χ3v) is 19.1. The minimum Gasteiger partial charge on any atom is -0.309 e. The van der Waals surface area contributed by atoms with E-state index in [4.69, 9.17) is 0 Å². The summed E-state index contributed by atoms with van der Waals surface area (Å²) in [5.74, 6) is 0. The SMILES string of the molecule is c1ccc([Si](c2ccccc2)(c2ccc(-c3ccc(N4c5ccccc5-c5ccccc5-c5ccccc54)cc3)cc2)c2ccc(N3c4ccccc4-c4ccccc4-c4ccccc43)cc2)cc1. The normalized spacial score (nSPS) is 12.3. The molecule has 0 fully saturated rings. The Labute approximate surface area is 405 Å². The molecule has 2 aliphatic heterocycles. The molecule has 0 saturated carbocycles. The Hall–Kier alpha value is -8.76. The maximum Gasteiger partial charge on any atom is 0.179 e. The van der Waals surface area contributed by atoms with E-state index in [1.165, 1.54) is 99.1 Å². The van der Waals surface area contributed by atoms with E-state index >= 15 is 0 Å². The fourth-order valence-corrected chi connectivity index (χ4v) is 16.0. The molecule has 2 nitrogen and oxygen atoms in total. The van der Waals surface area contributed by atoms with Crippen molar-refractivity contribution in [1.29, 1.82) is 0 Å². The van der Waals surface area contributed by atoms with E-state index < -0.39 is 8.07 Å². The summed E-state index contributed by atoms with van der Waals surface area (Å²) in [5, 5.41) is 5.37. The Kier molecular flexibility index (Phi) is 9.88. The molecular formula is C66H46N2Si. The van der Waals surface area contributed by atoms with Gasteiger partial charge in [-0.1, -0.05) is 231 Å². The molecule has 0 N–H and O–H groups in total. The van der Waals surface area contributed by atoms with Crippen LogP contribution in [0.5, 0.6) is 0 Å². The van der Waals surface area contributed by atoms with Crippen molar-refractivity contribution in [3.63, 3.8) is 0 Å². The van der Waals surface area contributed by atoms with Crippen molar-refractivity contribution in [3.8, 4) is 55.6 Å². The van der Waals surface area contributed by atoms with Gasteiger partial charge in [0, 0.05) is 33.6 Å². The average molecular weight is 895 g/mol. The first-order chi connectivity index (χ1) is 34.3. The summed E-state index contributed by atoms with van der Waals surface area (Å²) in [5.41, 5.74) is 19.2. The fraction of sp³-hybridized carbons (Fsp3) is 0. The smallest absolute Gasteiger partial charge is 0.179 e. The molecule has 0 bridgehead atoms. The predicted octanol–water partition coefficient (Wildman–Crippen LogP) is 15.0. The Balaban J connectivity index is 0.910. The highest BCUT2D eigenvalue weighted by molar-refractivity contribution is 7.19. The molecule has 2 aliphatic rings. The second-order valence-corrected chi connectivity index (χ2v) is 21.8. The quantitative estimate of drug-likeness (QED) is 0.116. The number of hydrogen-bond donors (Lipinski definition) is 0. The minimum absolute atomic E-state index is 1.13. The van der Waals surface area contributed by atoms with Crippen molar-refractivity contribution < 1.29 is 0 Å². The van der Waals surface area contributed by atoms with Gasteiger partial charge in [-0.05, 0) is 103 Å². The first kappa shape index (κ1) is 40.5. The van der Waals surface area contributed by atoms with Crippen LogP contribution in [-0.2, 0) is 0 Å². The standard InChI is InChI=1S/C66H46N2Si/c1-3-19-51(20-4-1)69(52-21-5-2-6-22-52,54-45-41-50(42-46-54)68-65-33-17-13-29-61(65)57-25-9-10-26-58(57)62-30-14-18-34-66(62)68)53-43-37-48(38-44-53)47-35-39-49(40-36-47)67-63-31-15-11-27-59(63)55-23-7-8-24-56(55)60-28-12-16-32-64(60)67/h1-46H. The van der Waals surface area contributed by atoms with Crippen molar-refractivity contribution in [2.75, 3.05) is 9.80 Å². The summed E-state index contributed by atoms with van der Waals surface area (Å²) < 4.78 is 0. The first-order valence-electron chi connectivity index (χ1n) is 23.8. The van der Waals surface area contributed by atoms with E-state index in [2.05, 4.69) is 289 Å². The van der Waals surface area contributed by atoms with Crippen LogP contribution in [0.15, 0.2) is 279 Å². The van der Waals surface area contributed by atoms with E-state index in [9.17, 15) is 0 Å². The van der Waals surface area contributed by atoms with E-state index in [0.29, 0.717) is 0 Å². The Morgan fingerprint density at radius 2 is 0.420 bits per heavy atom. The lowest BCUT2D eigenvalue weighted by Crippen LogP contribution is -2.74. The lowest BCUT2D eigenvalue weighted by atomic mass is 9.95. The molecule has 0 spiro atoms. The van der Waals surface area contributed by atoms with Crippen LogP contribution >= 0.6 is 0 Å². The van der Waals surface area contributed by atoms with Crippen LogP contribution in [0.2, 0.25) is 0 Å². The van der Waals surface area contributed by atoms with Gasteiger partial charge < -0.3 is 9.80 Å². The van der Waals surface area contributed by atoms with Crippen LogP contribution in [0.25, 0.3) is 55.6 Å². The Bertz CT molecular complexity index is 3490. The first-order valence-corrected chi connectivity index (χ1v) is 25.8. The van der Waals surface area contributed by atoms with Gasteiger partial charge in [0.1, 0.15) is 0 Å². The second kappa shape index (κ2) is 16.8. The van der Waals surface area contributed by atoms with Crippen LogP contribution in [0.3, 0.4) is 0 Å². The zero-order chi connectivity index (χ0) is 45.7. The highest BCUT2D eigenvalue weighted by atomic mass is 28.3. The van der Waals surface area contributed by atoms with Gasteiger partial charge in [-0.15, -0.1) is 0 Å². The molecule has 0 unspecified atom stereocenters. The molecule has 69 heavy (non-hydrogen) atoms. The average Bonchev–Trinajstić information content (AvgIpc) is 3.64. The molecule has 324 valence electrons. The van der Waals surface area contributed by atoms with E-state index in [-0.39, 0.29) is 0 Å². The lowest BCUT2D eigenvalue weighted by molar-refractivity contribution is 1.29. The number of rotatable bonds is 7. The number of benzene rings is 11. The molecule has 2 heterocycles. The molecule has 3 heteroatoms. The molecule has 0 radical (unpaired) electrons. The number of nitrogens with zero attached hydrogens (tertiary/aromatic N) is 2. The monoisotopic (exact) mass is 894 g/mol. The predicted molar refractivity (Wildman–Crippen MR) is 294 cm³/mol.